The molecule has 0 aromatic heterocycles. The largest absolute Gasteiger partial charge is 0.379 e. The van der Waals surface area contributed by atoms with Crippen LogP contribution in [0.3, 0.4) is 0 Å². The summed E-state index contributed by atoms with van der Waals surface area (Å²) in [6, 6.07) is 8.76. The Bertz CT molecular complexity index is 426. The van der Waals surface area contributed by atoms with Gasteiger partial charge in [0, 0.05) is 7.11 Å². The molecule has 2 atom stereocenters. The highest BCUT2D eigenvalue weighted by atomic mass is 16.5. The predicted octanol–water partition coefficient (Wildman–Crippen LogP) is 4.58. The maximum atomic E-state index is 6.51. The van der Waals surface area contributed by atoms with Crippen LogP contribution in [0.5, 0.6) is 0 Å². The van der Waals surface area contributed by atoms with Crippen LogP contribution in [0.25, 0.3) is 0 Å². The molecule has 2 rings (SSSR count). The average molecular weight is 289 g/mol. The van der Waals surface area contributed by atoms with Crippen molar-refractivity contribution in [3.8, 4) is 0 Å². The van der Waals surface area contributed by atoms with Crippen molar-refractivity contribution < 1.29 is 4.74 Å². The van der Waals surface area contributed by atoms with Gasteiger partial charge in [-0.2, -0.15) is 0 Å². The van der Waals surface area contributed by atoms with Crippen molar-refractivity contribution in [2.45, 2.75) is 70.4 Å². The third-order valence-electron chi connectivity index (χ3n) is 4.90. The van der Waals surface area contributed by atoms with Gasteiger partial charge in [0.2, 0.25) is 0 Å². The maximum absolute atomic E-state index is 6.51. The molecule has 1 aliphatic rings. The lowest BCUT2D eigenvalue weighted by molar-refractivity contribution is 0.0173. The number of hydrogen-bond donors (Lipinski definition) is 1. The number of methoxy groups -OCH3 is 1. The Balaban J connectivity index is 2.11. The molecule has 2 N–H and O–H groups in total. The summed E-state index contributed by atoms with van der Waals surface area (Å²) < 4.78 is 5.78. The van der Waals surface area contributed by atoms with Crippen molar-refractivity contribution in [3.63, 3.8) is 0 Å². The first kappa shape index (κ1) is 16.5. The molecule has 0 spiro atoms. The maximum Gasteiger partial charge on any atom is 0.0791 e. The van der Waals surface area contributed by atoms with Crippen molar-refractivity contribution in [1.29, 1.82) is 0 Å². The minimum Gasteiger partial charge on any atom is -0.379 e. The molecule has 118 valence electrons. The van der Waals surface area contributed by atoms with Crippen LogP contribution in [0.15, 0.2) is 24.3 Å². The van der Waals surface area contributed by atoms with Gasteiger partial charge in [0.15, 0.2) is 0 Å². The van der Waals surface area contributed by atoms with Gasteiger partial charge in [0.1, 0.15) is 0 Å². The molecular weight excluding hydrogens is 258 g/mol. The monoisotopic (exact) mass is 289 g/mol. The number of hydrogen-bond acceptors (Lipinski definition) is 2. The highest BCUT2D eigenvalue weighted by Crippen LogP contribution is 2.33. The summed E-state index contributed by atoms with van der Waals surface area (Å²) in [5.41, 5.74) is 9.25. The van der Waals surface area contributed by atoms with Gasteiger partial charge in [0.25, 0.3) is 0 Å². The van der Waals surface area contributed by atoms with Gasteiger partial charge in [-0.15, -0.1) is 0 Å². The lowest BCUT2D eigenvalue weighted by Gasteiger charge is -2.33. The minimum atomic E-state index is -0.0212. The molecule has 1 aromatic carbocycles. The third kappa shape index (κ3) is 4.08. The van der Waals surface area contributed by atoms with Crippen molar-refractivity contribution in [2.24, 2.45) is 11.7 Å². The highest BCUT2D eigenvalue weighted by Gasteiger charge is 2.29. The summed E-state index contributed by atoms with van der Waals surface area (Å²) in [6.45, 7) is 6.71. The van der Waals surface area contributed by atoms with Crippen molar-refractivity contribution in [2.75, 3.05) is 7.11 Å². The molecule has 1 fully saturated rings. The second-order valence-electron chi connectivity index (χ2n) is 7.50. The fourth-order valence-corrected chi connectivity index (χ4v) is 3.49. The Labute approximate surface area is 130 Å². The van der Waals surface area contributed by atoms with Crippen LogP contribution in [-0.4, -0.2) is 13.2 Å². The molecule has 0 aliphatic heterocycles. The summed E-state index contributed by atoms with van der Waals surface area (Å²) >= 11 is 0. The molecule has 1 aliphatic carbocycles. The molecule has 2 heteroatoms. The van der Waals surface area contributed by atoms with E-state index in [0.717, 1.165) is 0 Å². The first-order valence-electron chi connectivity index (χ1n) is 8.32. The molecular formula is C19H31NO. The summed E-state index contributed by atoms with van der Waals surface area (Å²) in [5, 5.41) is 0. The van der Waals surface area contributed by atoms with Gasteiger partial charge >= 0.3 is 0 Å². The minimum absolute atomic E-state index is 0.0212. The normalized spacial score (nSPS) is 20.2. The Morgan fingerprint density at radius 2 is 1.62 bits per heavy atom. The molecule has 0 heterocycles. The van der Waals surface area contributed by atoms with Crippen molar-refractivity contribution >= 4 is 0 Å². The Hall–Kier alpha value is -0.860. The number of benzene rings is 1. The number of ether oxygens (including phenoxy) is 1. The lowest BCUT2D eigenvalue weighted by atomic mass is 9.80. The standard InChI is InChI=1S/C19H31NO/c1-19(2,3)16-12-10-14(11-13-16)17(20)18(21-4)15-8-6-5-7-9-15/h10-13,15,17-18H,5-9,20H2,1-4H3. The smallest absolute Gasteiger partial charge is 0.0791 e. The second-order valence-corrected chi connectivity index (χ2v) is 7.50. The van der Waals surface area contributed by atoms with Crippen LogP contribution in [0, 0.1) is 5.92 Å². The summed E-state index contributed by atoms with van der Waals surface area (Å²) in [4.78, 5) is 0. The molecule has 0 bridgehead atoms. The first-order chi connectivity index (χ1) is 9.93. The van der Waals surface area contributed by atoms with Gasteiger partial charge < -0.3 is 10.5 Å². The highest BCUT2D eigenvalue weighted by molar-refractivity contribution is 5.29. The van der Waals surface area contributed by atoms with Crippen LogP contribution in [0.1, 0.15) is 70.0 Å². The van der Waals surface area contributed by atoms with Crippen LogP contribution >= 0.6 is 0 Å². The van der Waals surface area contributed by atoms with Gasteiger partial charge in [-0.3, -0.25) is 0 Å². The number of nitrogens with two attached hydrogens (primary N) is 1. The zero-order valence-electron chi connectivity index (χ0n) is 14.1. The van der Waals surface area contributed by atoms with Crippen molar-refractivity contribution in [1.82, 2.24) is 0 Å². The van der Waals surface area contributed by atoms with E-state index in [-0.39, 0.29) is 17.6 Å². The molecule has 0 radical (unpaired) electrons. The van der Waals surface area contributed by atoms with E-state index in [1.165, 1.54) is 43.2 Å². The van der Waals surface area contributed by atoms with E-state index in [0.29, 0.717) is 5.92 Å². The van der Waals surface area contributed by atoms with Gasteiger partial charge in [0.05, 0.1) is 12.1 Å². The molecule has 0 amide bonds. The fourth-order valence-electron chi connectivity index (χ4n) is 3.49. The Morgan fingerprint density at radius 1 is 1.05 bits per heavy atom. The SMILES string of the molecule is COC(C1CCCCC1)C(N)c1ccc(C(C)(C)C)cc1. The molecule has 21 heavy (non-hydrogen) atoms. The third-order valence-corrected chi connectivity index (χ3v) is 4.90. The zero-order valence-corrected chi connectivity index (χ0v) is 14.1. The predicted molar refractivity (Wildman–Crippen MR) is 89.4 cm³/mol. The second kappa shape index (κ2) is 6.93. The molecule has 2 unspecified atom stereocenters. The summed E-state index contributed by atoms with van der Waals surface area (Å²) in [7, 11) is 1.81. The molecule has 0 saturated heterocycles. The van der Waals surface area contributed by atoms with E-state index in [2.05, 4.69) is 45.0 Å². The van der Waals surface area contributed by atoms with Gasteiger partial charge in [-0.1, -0.05) is 64.3 Å². The molecule has 1 saturated carbocycles. The Kier molecular flexibility index (Phi) is 5.45. The Morgan fingerprint density at radius 3 is 2.10 bits per heavy atom. The summed E-state index contributed by atoms with van der Waals surface area (Å²) in [5.74, 6) is 0.612. The number of rotatable bonds is 4. The quantitative estimate of drug-likeness (QED) is 0.880. The topological polar surface area (TPSA) is 35.2 Å². The van der Waals surface area contributed by atoms with E-state index in [1.54, 1.807) is 0 Å². The summed E-state index contributed by atoms with van der Waals surface area (Å²) in [6.07, 6.45) is 6.66. The van der Waals surface area contributed by atoms with Crippen LogP contribution in [-0.2, 0) is 10.2 Å². The van der Waals surface area contributed by atoms with Gasteiger partial charge in [-0.25, -0.2) is 0 Å². The van der Waals surface area contributed by atoms with E-state index < -0.39 is 0 Å². The van der Waals surface area contributed by atoms with E-state index in [1.807, 2.05) is 7.11 Å². The zero-order chi connectivity index (χ0) is 15.5. The van der Waals surface area contributed by atoms with Crippen LogP contribution in [0.2, 0.25) is 0 Å². The van der Waals surface area contributed by atoms with E-state index >= 15 is 0 Å². The lowest BCUT2D eigenvalue weighted by Crippen LogP contribution is -2.36. The van der Waals surface area contributed by atoms with E-state index in [9.17, 15) is 0 Å². The molecule has 1 aromatic rings. The van der Waals surface area contributed by atoms with Crippen molar-refractivity contribution in [3.05, 3.63) is 35.4 Å². The van der Waals surface area contributed by atoms with E-state index in [4.69, 9.17) is 10.5 Å². The first-order valence-corrected chi connectivity index (χ1v) is 8.32. The van der Waals surface area contributed by atoms with Crippen LogP contribution in [0.4, 0.5) is 0 Å². The van der Waals surface area contributed by atoms with Gasteiger partial charge in [-0.05, 0) is 35.3 Å². The fraction of sp³-hybridized carbons (Fsp3) is 0.684. The molecule has 2 nitrogen and oxygen atoms in total. The average Bonchev–Trinajstić information content (AvgIpc) is 2.48. The van der Waals surface area contributed by atoms with Crippen LogP contribution < -0.4 is 5.73 Å².